The number of ether oxygens (including phenoxy) is 2. The van der Waals surface area contributed by atoms with E-state index in [0.29, 0.717) is 11.3 Å². The molecule has 2 rings (SSSR count). The number of aromatic nitrogens is 1. The summed E-state index contributed by atoms with van der Waals surface area (Å²) in [5.41, 5.74) is 0.361. The van der Waals surface area contributed by atoms with E-state index in [1.54, 1.807) is 19.3 Å². The smallest absolute Gasteiger partial charge is 0.260 e. The monoisotopic (exact) mass is 222 g/mol. The third-order valence-electron chi connectivity index (χ3n) is 2.34. The molecule has 1 fully saturated rings. The Morgan fingerprint density at radius 2 is 2.31 bits per heavy atom. The van der Waals surface area contributed by atoms with Crippen molar-refractivity contribution >= 4 is 5.91 Å². The van der Waals surface area contributed by atoms with Gasteiger partial charge in [-0.2, -0.15) is 0 Å². The zero-order valence-corrected chi connectivity index (χ0v) is 9.32. The van der Waals surface area contributed by atoms with Gasteiger partial charge in [0, 0.05) is 13.2 Å². The number of hydrogen-bond acceptors (Lipinski definition) is 4. The quantitative estimate of drug-likeness (QED) is 0.825. The lowest BCUT2D eigenvalue weighted by atomic mass is 10.2. The number of pyridine rings is 1. The molecular weight excluding hydrogens is 208 g/mol. The summed E-state index contributed by atoms with van der Waals surface area (Å²) in [6.07, 6.45) is 3.88. The fourth-order valence-corrected chi connectivity index (χ4v) is 1.38. The second-order valence-electron chi connectivity index (χ2n) is 3.59. The van der Waals surface area contributed by atoms with Crippen LogP contribution in [0, 0.1) is 0 Å². The molecule has 1 heterocycles. The zero-order valence-electron chi connectivity index (χ0n) is 9.32. The van der Waals surface area contributed by atoms with Crippen molar-refractivity contribution in [2.75, 3.05) is 14.2 Å². The molecule has 1 saturated carbocycles. The minimum atomic E-state index is -0.249. The molecule has 0 aliphatic heterocycles. The van der Waals surface area contributed by atoms with Gasteiger partial charge in [-0.1, -0.05) is 0 Å². The van der Waals surface area contributed by atoms with Crippen molar-refractivity contribution in [3.05, 3.63) is 17.8 Å². The lowest BCUT2D eigenvalue weighted by molar-refractivity contribution is 0.0954. The Kier molecular flexibility index (Phi) is 2.94. The van der Waals surface area contributed by atoms with Crippen molar-refractivity contribution in [2.45, 2.75) is 18.9 Å². The maximum atomic E-state index is 11.7. The molecule has 0 radical (unpaired) electrons. The highest BCUT2D eigenvalue weighted by Crippen LogP contribution is 2.32. The SMILES string of the molecule is CNC(=O)c1c(OC2CC2)ccnc1OC. The van der Waals surface area contributed by atoms with Crippen LogP contribution in [0.4, 0.5) is 0 Å². The van der Waals surface area contributed by atoms with E-state index in [4.69, 9.17) is 9.47 Å². The van der Waals surface area contributed by atoms with E-state index in [9.17, 15) is 4.79 Å². The molecular formula is C11H14N2O3. The van der Waals surface area contributed by atoms with Gasteiger partial charge in [-0.3, -0.25) is 4.79 Å². The van der Waals surface area contributed by atoms with E-state index >= 15 is 0 Å². The third kappa shape index (κ3) is 2.08. The Morgan fingerprint density at radius 1 is 1.56 bits per heavy atom. The Labute approximate surface area is 93.8 Å². The number of carbonyl (C=O) groups excluding carboxylic acids is 1. The molecule has 0 saturated heterocycles. The van der Waals surface area contributed by atoms with Gasteiger partial charge in [-0.05, 0) is 18.9 Å². The number of carbonyl (C=O) groups is 1. The van der Waals surface area contributed by atoms with E-state index in [2.05, 4.69) is 10.3 Å². The van der Waals surface area contributed by atoms with Gasteiger partial charge in [-0.15, -0.1) is 0 Å². The Bertz CT molecular complexity index is 402. The summed E-state index contributed by atoms with van der Waals surface area (Å²) >= 11 is 0. The molecule has 0 aromatic carbocycles. The van der Waals surface area contributed by atoms with Crippen LogP contribution in [0.5, 0.6) is 11.6 Å². The van der Waals surface area contributed by atoms with Gasteiger partial charge in [-0.25, -0.2) is 4.98 Å². The average Bonchev–Trinajstić information content (AvgIpc) is 3.11. The maximum Gasteiger partial charge on any atom is 0.260 e. The molecule has 0 bridgehead atoms. The maximum absolute atomic E-state index is 11.7. The first-order valence-electron chi connectivity index (χ1n) is 5.18. The van der Waals surface area contributed by atoms with Gasteiger partial charge < -0.3 is 14.8 Å². The summed E-state index contributed by atoms with van der Waals surface area (Å²) in [7, 11) is 3.05. The van der Waals surface area contributed by atoms with Crippen LogP contribution in [-0.2, 0) is 0 Å². The summed E-state index contributed by atoms with van der Waals surface area (Å²) in [6.45, 7) is 0. The van der Waals surface area contributed by atoms with Crippen LogP contribution in [0.1, 0.15) is 23.2 Å². The minimum Gasteiger partial charge on any atom is -0.489 e. The van der Waals surface area contributed by atoms with Crippen LogP contribution in [0.2, 0.25) is 0 Å². The summed E-state index contributed by atoms with van der Waals surface area (Å²) < 4.78 is 10.7. The van der Waals surface area contributed by atoms with Crippen molar-refractivity contribution < 1.29 is 14.3 Å². The highest BCUT2D eigenvalue weighted by Gasteiger charge is 2.27. The Balaban J connectivity index is 2.36. The van der Waals surface area contributed by atoms with Crippen LogP contribution in [-0.4, -0.2) is 31.2 Å². The van der Waals surface area contributed by atoms with E-state index in [1.165, 1.54) is 7.11 Å². The molecule has 16 heavy (non-hydrogen) atoms. The highest BCUT2D eigenvalue weighted by molar-refractivity contribution is 5.98. The number of methoxy groups -OCH3 is 1. The van der Waals surface area contributed by atoms with Crippen LogP contribution in [0.15, 0.2) is 12.3 Å². The highest BCUT2D eigenvalue weighted by atomic mass is 16.5. The first-order valence-corrected chi connectivity index (χ1v) is 5.18. The number of hydrogen-bond donors (Lipinski definition) is 1. The second-order valence-corrected chi connectivity index (χ2v) is 3.59. The fourth-order valence-electron chi connectivity index (χ4n) is 1.38. The molecule has 1 N–H and O–H groups in total. The largest absolute Gasteiger partial charge is 0.489 e. The van der Waals surface area contributed by atoms with Crippen molar-refractivity contribution in [1.82, 2.24) is 10.3 Å². The first kappa shape index (κ1) is 10.7. The Morgan fingerprint density at radius 3 is 2.88 bits per heavy atom. The lowest BCUT2D eigenvalue weighted by Gasteiger charge is -2.12. The summed E-state index contributed by atoms with van der Waals surface area (Å²) in [5.74, 6) is 0.576. The molecule has 1 aromatic rings. The van der Waals surface area contributed by atoms with Gasteiger partial charge in [0.05, 0.1) is 13.2 Å². The summed E-state index contributed by atoms with van der Waals surface area (Å²) in [4.78, 5) is 15.7. The average molecular weight is 222 g/mol. The molecule has 86 valence electrons. The van der Waals surface area contributed by atoms with Crippen LogP contribution in [0.3, 0.4) is 0 Å². The number of amides is 1. The molecule has 1 aromatic heterocycles. The zero-order chi connectivity index (χ0) is 11.5. The second kappa shape index (κ2) is 4.38. The van der Waals surface area contributed by atoms with Gasteiger partial charge in [0.1, 0.15) is 11.3 Å². The van der Waals surface area contributed by atoms with Crippen molar-refractivity contribution in [1.29, 1.82) is 0 Å². The number of nitrogens with one attached hydrogen (secondary N) is 1. The van der Waals surface area contributed by atoms with Crippen LogP contribution in [0.25, 0.3) is 0 Å². The third-order valence-corrected chi connectivity index (χ3v) is 2.34. The minimum absolute atomic E-state index is 0.232. The van der Waals surface area contributed by atoms with E-state index in [1.807, 2.05) is 0 Å². The van der Waals surface area contributed by atoms with Crippen molar-refractivity contribution in [3.63, 3.8) is 0 Å². The molecule has 1 aliphatic rings. The summed E-state index contributed by atoms with van der Waals surface area (Å²) in [6, 6.07) is 1.69. The molecule has 5 nitrogen and oxygen atoms in total. The predicted molar refractivity (Wildman–Crippen MR) is 57.8 cm³/mol. The van der Waals surface area contributed by atoms with E-state index < -0.39 is 0 Å². The predicted octanol–water partition coefficient (Wildman–Crippen LogP) is 0.991. The van der Waals surface area contributed by atoms with Crippen LogP contribution < -0.4 is 14.8 Å². The molecule has 1 amide bonds. The standard InChI is InChI=1S/C11H14N2O3/c1-12-10(14)9-8(16-7-3-4-7)5-6-13-11(9)15-2/h5-7H,3-4H2,1-2H3,(H,12,14). The van der Waals surface area contributed by atoms with E-state index in [-0.39, 0.29) is 17.9 Å². The fraction of sp³-hybridized carbons (Fsp3) is 0.455. The van der Waals surface area contributed by atoms with Crippen LogP contribution >= 0.6 is 0 Å². The molecule has 0 spiro atoms. The van der Waals surface area contributed by atoms with Gasteiger partial charge in [0.2, 0.25) is 5.88 Å². The van der Waals surface area contributed by atoms with Crippen molar-refractivity contribution in [2.24, 2.45) is 0 Å². The molecule has 0 atom stereocenters. The molecule has 1 aliphatic carbocycles. The van der Waals surface area contributed by atoms with Gasteiger partial charge in [0.15, 0.2) is 0 Å². The number of rotatable bonds is 4. The first-order chi connectivity index (χ1) is 7.76. The Hall–Kier alpha value is -1.78. The van der Waals surface area contributed by atoms with Gasteiger partial charge in [0.25, 0.3) is 5.91 Å². The number of nitrogens with zero attached hydrogens (tertiary/aromatic N) is 1. The van der Waals surface area contributed by atoms with Gasteiger partial charge >= 0.3 is 0 Å². The molecule has 0 unspecified atom stereocenters. The van der Waals surface area contributed by atoms with E-state index in [0.717, 1.165) is 12.8 Å². The summed E-state index contributed by atoms with van der Waals surface area (Å²) in [5, 5.41) is 2.55. The normalized spacial score (nSPS) is 14.4. The lowest BCUT2D eigenvalue weighted by Crippen LogP contribution is -2.20. The topological polar surface area (TPSA) is 60.5 Å². The van der Waals surface area contributed by atoms with Crippen molar-refractivity contribution in [3.8, 4) is 11.6 Å². The molecule has 5 heteroatoms.